The summed E-state index contributed by atoms with van der Waals surface area (Å²) in [6, 6.07) is 11.2. The van der Waals surface area contributed by atoms with Gasteiger partial charge in [-0.2, -0.15) is 0 Å². The van der Waals surface area contributed by atoms with Crippen LogP contribution in [0.5, 0.6) is 5.75 Å². The van der Waals surface area contributed by atoms with Crippen molar-refractivity contribution in [3.8, 4) is 5.75 Å². The quantitative estimate of drug-likeness (QED) is 0.934. The van der Waals surface area contributed by atoms with Gasteiger partial charge in [-0.05, 0) is 29.8 Å². The van der Waals surface area contributed by atoms with Crippen molar-refractivity contribution in [2.45, 2.75) is 6.04 Å². The zero-order valence-corrected chi connectivity index (χ0v) is 13.4. The number of nitrogens with one attached hydrogen (secondary N) is 1. The minimum atomic E-state index is -0.0414. The van der Waals surface area contributed by atoms with Crippen LogP contribution < -0.4 is 10.1 Å². The fourth-order valence-corrected chi connectivity index (χ4v) is 2.87. The minimum absolute atomic E-state index is 0.00274. The number of ether oxygens (including phenoxy) is 1. The number of halogens is 1. The fraction of sp³-hybridized carbons (Fsp3) is 0.294. The average molecular weight is 332 g/mol. The molecule has 0 spiro atoms. The molecule has 6 heteroatoms. The number of pyridine rings is 1. The molecule has 5 nitrogen and oxygen atoms in total. The number of benzene rings is 1. The normalized spacial score (nSPS) is 17.8. The highest BCUT2D eigenvalue weighted by Crippen LogP contribution is 2.24. The molecule has 0 saturated carbocycles. The van der Waals surface area contributed by atoms with Gasteiger partial charge in [-0.1, -0.05) is 23.7 Å². The first-order valence-corrected chi connectivity index (χ1v) is 7.90. The van der Waals surface area contributed by atoms with Crippen molar-refractivity contribution in [1.82, 2.24) is 15.2 Å². The van der Waals surface area contributed by atoms with Gasteiger partial charge in [0.1, 0.15) is 5.75 Å². The van der Waals surface area contributed by atoms with Gasteiger partial charge < -0.3 is 15.0 Å². The highest BCUT2D eigenvalue weighted by molar-refractivity contribution is 6.30. The molecule has 0 aliphatic carbocycles. The number of nitrogens with zero attached hydrogens (tertiary/aromatic N) is 2. The maximum Gasteiger partial charge on any atom is 0.261 e. The van der Waals surface area contributed by atoms with Gasteiger partial charge in [0.15, 0.2) is 6.61 Å². The molecule has 1 aromatic heterocycles. The molecule has 1 aromatic carbocycles. The Kier molecular flexibility index (Phi) is 5.10. The Morgan fingerprint density at radius 1 is 1.39 bits per heavy atom. The monoisotopic (exact) mass is 331 g/mol. The van der Waals surface area contributed by atoms with Gasteiger partial charge in [0, 0.05) is 30.9 Å². The van der Waals surface area contributed by atoms with Crippen molar-refractivity contribution in [3.05, 3.63) is 59.4 Å². The summed E-state index contributed by atoms with van der Waals surface area (Å²) in [4.78, 5) is 18.4. The topological polar surface area (TPSA) is 54.5 Å². The number of carbonyl (C=O) groups is 1. The van der Waals surface area contributed by atoms with Gasteiger partial charge in [-0.25, -0.2) is 0 Å². The lowest BCUT2D eigenvalue weighted by Gasteiger charge is -2.36. The molecular formula is C17H18ClN3O2. The van der Waals surface area contributed by atoms with Gasteiger partial charge in [0.2, 0.25) is 0 Å². The summed E-state index contributed by atoms with van der Waals surface area (Å²) in [5, 5.41) is 4.00. The van der Waals surface area contributed by atoms with Crippen molar-refractivity contribution >= 4 is 17.5 Å². The van der Waals surface area contributed by atoms with Gasteiger partial charge in [-0.3, -0.25) is 9.78 Å². The van der Waals surface area contributed by atoms with Gasteiger partial charge in [0.05, 0.1) is 12.2 Å². The SMILES string of the molecule is O=C(COc1cccnc1)N1CCNCC1c1cccc(Cl)c1. The van der Waals surface area contributed by atoms with Crippen molar-refractivity contribution in [1.29, 1.82) is 0 Å². The van der Waals surface area contributed by atoms with Crippen LogP contribution in [0.4, 0.5) is 0 Å². The van der Waals surface area contributed by atoms with E-state index < -0.39 is 0 Å². The number of amides is 1. The first kappa shape index (κ1) is 15.8. The zero-order valence-electron chi connectivity index (χ0n) is 12.6. The summed E-state index contributed by atoms with van der Waals surface area (Å²) in [7, 11) is 0. The number of hydrogen-bond acceptors (Lipinski definition) is 4. The minimum Gasteiger partial charge on any atom is -0.482 e. The molecule has 2 heterocycles. The Balaban J connectivity index is 1.69. The molecule has 1 saturated heterocycles. The predicted molar refractivity (Wildman–Crippen MR) is 88.5 cm³/mol. The highest BCUT2D eigenvalue weighted by atomic mass is 35.5. The van der Waals surface area contributed by atoms with Crippen LogP contribution in [0.1, 0.15) is 11.6 Å². The van der Waals surface area contributed by atoms with E-state index in [9.17, 15) is 4.79 Å². The van der Waals surface area contributed by atoms with Crippen molar-refractivity contribution in [2.24, 2.45) is 0 Å². The van der Waals surface area contributed by atoms with Crippen LogP contribution in [-0.2, 0) is 4.79 Å². The molecule has 1 unspecified atom stereocenters. The number of aromatic nitrogens is 1. The summed E-state index contributed by atoms with van der Waals surface area (Å²) in [6.45, 7) is 2.13. The molecule has 0 bridgehead atoms. The number of piperazine rings is 1. The van der Waals surface area contributed by atoms with Gasteiger partial charge >= 0.3 is 0 Å². The smallest absolute Gasteiger partial charge is 0.261 e. The molecule has 2 aromatic rings. The molecule has 0 radical (unpaired) electrons. The summed E-state index contributed by atoms with van der Waals surface area (Å²) in [6.07, 6.45) is 3.26. The molecular weight excluding hydrogens is 314 g/mol. The molecule has 23 heavy (non-hydrogen) atoms. The zero-order chi connectivity index (χ0) is 16.1. The molecule has 1 atom stereocenters. The molecule has 3 rings (SSSR count). The van der Waals surface area contributed by atoms with Crippen LogP contribution in [0.3, 0.4) is 0 Å². The Morgan fingerprint density at radius 2 is 2.30 bits per heavy atom. The second kappa shape index (κ2) is 7.44. The standard InChI is InChI=1S/C17H18ClN3O2/c18-14-4-1-3-13(9-14)16-11-20-7-8-21(16)17(22)12-23-15-5-2-6-19-10-15/h1-6,9-10,16,20H,7-8,11-12H2. The van der Waals surface area contributed by atoms with E-state index in [-0.39, 0.29) is 18.6 Å². The van der Waals surface area contributed by atoms with E-state index in [1.807, 2.05) is 29.2 Å². The van der Waals surface area contributed by atoms with Crippen molar-refractivity contribution in [3.63, 3.8) is 0 Å². The summed E-state index contributed by atoms with van der Waals surface area (Å²) in [5.74, 6) is 0.551. The van der Waals surface area contributed by atoms with Gasteiger partial charge in [-0.15, -0.1) is 0 Å². The first-order valence-electron chi connectivity index (χ1n) is 7.52. The Bertz CT molecular complexity index is 666. The lowest BCUT2D eigenvalue weighted by Crippen LogP contribution is -2.50. The number of carbonyl (C=O) groups excluding carboxylic acids is 1. The molecule has 1 amide bonds. The second-order valence-corrected chi connectivity index (χ2v) is 5.78. The largest absolute Gasteiger partial charge is 0.482 e. The summed E-state index contributed by atoms with van der Waals surface area (Å²) < 4.78 is 5.53. The molecule has 1 fully saturated rings. The second-order valence-electron chi connectivity index (χ2n) is 5.34. The van der Waals surface area contributed by atoms with Crippen LogP contribution in [-0.4, -0.2) is 42.0 Å². The lowest BCUT2D eigenvalue weighted by atomic mass is 10.0. The fourth-order valence-electron chi connectivity index (χ4n) is 2.67. The van der Waals surface area contributed by atoms with Crippen LogP contribution >= 0.6 is 11.6 Å². The van der Waals surface area contributed by atoms with E-state index >= 15 is 0 Å². The number of hydrogen-bond donors (Lipinski definition) is 1. The van der Waals surface area contributed by atoms with E-state index in [1.165, 1.54) is 0 Å². The highest BCUT2D eigenvalue weighted by Gasteiger charge is 2.28. The first-order chi connectivity index (χ1) is 11.2. The molecule has 1 N–H and O–H groups in total. The number of rotatable bonds is 4. The van der Waals surface area contributed by atoms with E-state index in [0.29, 0.717) is 23.9 Å². The Morgan fingerprint density at radius 3 is 3.09 bits per heavy atom. The van der Waals surface area contributed by atoms with Gasteiger partial charge in [0.25, 0.3) is 5.91 Å². The molecule has 1 aliphatic heterocycles. The van der Waals surface area contributed by atoms with Crippen LogP contribution in [0.2, 0.25) is 5.02 Å². The molecule has 1 aliphatic rings. The molecule has 120 valence electrons. The average Bonchev–Trinajstić information content (AvgIpc) is 2.60. The predicted octanol–water partition coefficient (Wildman–Crippen LogP) is 2.29. The van der Waals surface area contributed by atoms with E-state index in [0.717, 1.165) is 12.1 Å². The van der Waals surface area contributed by atoms with Crippen molar-refractivity contribution in [2.75, 3.05) is 26.2 Å². The lowest BCUT2D eigenvalue weighted by molar-refractivity contribution is -0.136. The Hall–Kier alpha value is -2.11. The summed E-state index contributed by atoms with van der Waals surface area (Å²) in [5.41, 5.74) is 1.03. The van der Waals surface area contributed by atoms with Crippen molar-refractivity contribution < 1.29 is 9.53 Å². The third kappa shape index (κ3) is 4.00. The third-order valence-electron chi connectivity index (χ3n) is 3.79. The van der Waals surface area contributed by atoms with Crippen LogP contribution in [0.15, 0.2) is 48.8 Å². The van der Waals surface area contributed by atoms with Crippen LogP contribution in [0.25, 0.3) is 0 Å². The maximum atomic E-state index is 12.6. The van der Waals surface area contributed by atoms with E-state index in [4.69, 9.17) is 16.3 Å². The Labute approximate surface area is 140 Å². The summed E-state index contributed by atoms with van der Waals surface area (Å²) >= 11 is 6.08. The van der Waals surface area contributed by atoms with Crippen LogP contribution in [0, 0.1) is 0 Å². The maximum absolute atomic E-state index is 12.6. The van der Waals surface area contributed by atoms with E-state index in [2.05, 4.69) is 10.3 Å². The third-order valence-corrected chi connectivity index (χ3v) is 4.03. The van der Waals surface area contributed by atoms with E-state index in [1.54, 1.807) is 24.5 Å².